The summed E-state index contributed by atoms with van der Waals surface area (Å²) < 4.78 is 7.56. The lowest BCUT2D eigenvalue weighted by Gasteiger charge is -2.60. The van der Waals surface area contributed by atoms with Crippen LogP contribution < -0.4 is 0 Å². The van der Waals surface area contributed by atoms with Gasteiger partial charge in [0.15, 0.2) is 0 Å². The Hall–Kier alpha value is -1.28. The molecular formula is C44H71N3O4. The molecule has 0 aromatic heterocycles. The van der Waals surface area contributed by atoms with Crippen molar-refractivity contribution in [2.24, 2.45) is 57.7 Å². The zero-order valence-electron chi connectivity index (χ0n) is 32.7. The third kappa shape index (κ3) is 5.61. The summed E-state index contributed by atoms with van der Waals surface area (Å²) in [6.45, 7) is 18.2. The molecule has 8 aliphatic rings. The average Bonchev–Trinajstić information content (AvgIpc) is 3.97. The maximum Gasteiger partial charge on any atom is 0.315 e. The molecule has 0 spiro atoms. The Morgan fingerprint density at radius 3 is 2.39 bits per heavy atom. The SMILES string of the molecule is CCN(CCCN1CCN(C2CCCC2)CC1)CC1OC(C23C[C@@H]4[C@H](C)CC[C@H]4C4(C=O)CC2C=C(C(C)C)[C@@]34C(=O)O)CC1C1CCCCC1. The van der Waals surface area contributed by atoms with E-state index < -0.39 is 22.2 Å². The topological polar surface area (TPSA) is 73.3 Å². The van der Waals surface area contributed by atoms with Gasteiger partial charge in [0.05, 0.1) is 17.6 Å². The maximum absolute atomic E-state index is 14.3. The Morgan fingerprint density at radius 1 is 1.00 bits per heavy atom. The number of aliphatic carboxylic acids is 1. The van der Waals surface area contributed by atoms with Crippen molar-refractivity contribution in [3.8, 4) is 0 Å². The van der Waals surface area contributed by atoms with Crippen LogP contribution in [0.15, 0.2) is 11.6 Å². The number of ether oxygens (including phenoxy) is 1. The smallest absolute Gasteiger partial charge is 0.315 e. The summed E-state index contributed by atoms with van der Waals surface area (Å²) in [5, 5.41) is 11.7. The molecule has 6 unspecified atom stereocenters. The summed E-state index contributed by atoms with van der Waals surface area (Å²) in [6, 6.07) is 0.846. The van der Waals surface area contributed by atoms with Crippen molar-refractivity contribution in [2.75, 3.05) is 52.4 Å². The number of carboxylic acid groups (broad SMARTS) is 1. The van der Waals surface area contributed by atoms with Crippen LogP contribution >= 0.6 is 0 Å². The van der Waals surface area contributed by atoms with Gasteiger partial charge in [-0.05, 0) is 106 Å². The van der Waals surface area contributed by atoms with Crippen molar-refractivity contribution >= 4 is 12.3 Å². The minimum atomic E-state index is -1.14. The van der Waals surface area contributed by atoms with Crippen molar-refractivity contribution in [1.29, 1.82) is 0 Å². The van der Waals surface area contributed by atoms with Crippen LogP contribution in [0.2, 0.25) is 0 Å². The number of hydrogen-bond donors (Lipinski definition) is 1. The van der Waals surface area contributed by atoms with E-state index in [9.17, 15) is 14.7 Å². The van der Waals surface area contributed by atoms with E-state index >= 15 is 0 Å². The lowest BCUT2D eigenvalue weighted by molar-refractivity contribution is -0.197. The molecule has 2 heterocycles. The van der Waals surface area contributed by atoms with Gasteiger partial charge in [0, 0.05) is 44.2 Å². The van der Waals surface area contributed by atoms with E-state index in [0.717, 1.165) is 56.9 Å². The molecule has 2 saturated heterocycles. The van der Waals surface area contributed by atoms with Gasteiger partial charge in [-0.2, -0.15) is 0 Å². The highest BCUT2D eigenvalue weighted by Gasteiger charge is 2.86. The van der Waals surface area contributed by atoms with Gasteiger partial charge in [-0.3, -0.25) is 9.69 Å². The Labute approximate surface area is 309 Å². The average molecular weight is 706 g/mol. The Bertz CT molecular complexity index is 1300. The Balaban J connectivity index is 1.03. The molecule has 5 saturated carbocycles. The quantitative estimate of drug-likeness (QED) is 0.157. The molecule has 286 valence electrons. The summed E-state index contributed by atoms with van der Waals surface area (Å²) in [7, 11) is 0. The van der Waals surface area contributed by atoms with E-state index in [1.165, 1.54) is 103 Å². The predicted octanol–water partition coefficient (Wildman–Crippen LogP) is 7.54. The summed E-state index contributed by atoms with van der Waals surface area (Å²) in [4.78, 5) is 36.1. The minimum absolute atomic E-state index is 0.103. The predicted molar refractivity (Wildman–Crippen MR) is 202 cm³/mol. The Morgan fingerprint density at radius 2 is 1.73 bits per heavy atom. The molecule has 4 bridgehead atoms. The van der Waals surface area contributed by atoms with E-state index in [0.29, 0.717) is 30.1 Å². The van der Waals surface area contributed by atoms with E-state index in [1.54, 1.807) is 0 Å². The monoisotopic (exact) mass is 706 g/mol. The van der Waals surface area contributed by atoms with Gasteiger partial charge in [-0.15, -0.1) is 0 Å². The van der Waals surface area contributed by atoms with Crippen molar-refractivity contribution in [1.82, 2.24) is 14.7 Å². The van der Waals surface area contributed by atoms with Crippen LogP contribution in [0, 0.1) is 57.7 Å². The molecule has 1 N–H and O–H groups in total. The molecule has 51 heavy (non-hydrogen) atoms. The number of carboxylic acids is 1. The maximum atomic E-state index is 14.3. The van der Waals surface area contributed by atoms with Gasteiger partial charge in [0.25, 0.3) is 0 Å². The van der Waals surface area contributed by atoms with Crippen LogP contribution in [0.3, 0.4) is 0 Å². The third-order valence-electron chi connectivity index (χ3n) is 17.2. The normalized spacial score (nSPS) is 43.4. The zero-order valence-corrected chi connectivity index (χ0v) is 32.7. The third-order valence-corrected chi connectivity index (χ3v) is 17.2. The first kappa shape index (κ1) is 36.7. The molecule has 7 nitrogen and oxygen atoms in total. The first-order chi connectivity index (χ1) is 24.7. The first-order valence-corrected chi connectivity index (χ1v) is 22.0. The van der Waals surface area contributed by atoms with E-state index in [2.05, 4.69) is 48.5 Å². The molecule has 0 amide bonds. The van der Waals surface area contributed by atoms with Gasteiger partial charge in [-0.25, -0.2) is 0 Å². The number of aldehydes is 1. The van der Waals surface area contributed by atoms with Crippen LogP contribution in [0.5, 0.6) is 0 Å². The number of rotatable bonds is 13. The lowest BCUT2D eigenvalue weighted by Crippen LogP contribution is -2.65. The molecule has 7 heteroatoms. The second-order valence-corrected chi connectivity index (χ2v) is 19.4. The van der Waals surface area contributed by atoms with Gasteiger partial charge in [0.2, 0.25) is 0 Å². The van der Waals surface area contributed by atoms with Gasteiger partial charge in [-0.1, -0.05) is 90.7 Å². The molecule has 7 fully saturated rings. The summed E-state index contributed by atoms with van der Waals surface area (Å²) in [6.07, 6.45) is 21.7. The van der Waals surface area contributed by atoms with Gasteiger partial charge < -0.3 is 24.4 Å². The molecule has 10 atom stereocenters. The van der Waals surface area contributed by atoms with Crippen LogP contribution in [0.25, 0.3) is 0 Å². The fourth-order valence-corrected chi connectivity index (χ4v) is 15.0. The largest absolute Gasteiger partial charge is 0.481 e. The number of hydrogen-bond acceptors (Lipinski definition) is 6. The molecular weight excluding hydrogens is 635 g/mol. The van der Waals surface area contributed by atoms with Crippen LogP contribution in [-0.4, -0.2) is 103 Å². The van der Waals surface area contributed by atoms with Gasteiger partial charge in [0.1, 0.15) is 11.7 Å². The molecule has 8 rings (SSSR count). The number of carbonyl (C=O) groups excluding carboxylic acids is 1. The Kier molecular flexibility index (Phi) is 10.4. The van der Waals surface area contributed by atoms with E-state index in [1.807, 2.05) is 0 Å². The highest BCUT2D eigenvalue weighted by Crippen LogP contribution is 2.84. The summed E-state index contributed by atoms with van der Waals surface area (Å²) in [5.74, 6) is 1.75. The molecule has 0 aromatic carbocycles. The summed E-state index contributed by atoms with van der Waals surface area (Å²) in [5.41, 5.74) is -1.43. The molecule has 0 radical (unpaired) electrons. The minimum Gasteiger partial charge on any atom is -0.481 e. The molecule has 0 aromatic rings. The van der Waals surface area contributed by atoms with Crippen LogP contribution in [0.1, 0.15) is 124 Å². The number of allylic oxidation sites excluding steroid dienone is 1. The second-order valence-electron chi connectivity index (χ2n) is 19.4. The zero-order chi connectivity index (χ0) is 35.5. The molecule has 2 aliphatic heterocycles. The van der Waals surface area contributed by atoms with Crippen molar-refractivity contribution in [3.63, 3.8) is 0 Å². The number of carbonyl (C=O) groups is 2. The number of piperazine rings is 1. The van der Waals surface area contributed by atoms with Crippen molar-refractivity contribution in [3.05, 3.63) is 11.6 Å². The fraction of sp³-hybridized carbons (Fsp3) is 0.909. The standard InChI is InChI=1S/C44H71N3O4/c1-5-45(18-11-19-46-20-22-47(23-21-46)34-14-9-10-15-34)28-39-35(32-12-7-6-8-13-32)25-40(51-39)43-27-36-31(4)16-17-37(36)42(29-48)26-33(43)24-38(30(2)3)44(42,43)41(49)50/h24,29-37,39-40H,5-23,25-28H2,1-4H3,(H,49,50)/t31-,33?,35?,36-,37-,39?,40?,42?,43?,44+/m1/s1. The van der Waals surface area contributed by atoms with Crippen molar-refractivity contribution in [2.45, 2.75) is 142 Å². The molecule has 6 aliphatic carbocycles. The fourth-order valence-electron chi connectivity index (χ4n) is 15.0. The van der Waals surface area contributed by atoms with Gasteiger partial charge >= 0.3 is 5.97 Å². The number of nitrogens with zero attached hydrogens (tertiary/aromatic N) is 3. The highest BCUT2D eigenvalue weighted by atomic mass is 16.5. The van der Waals surface area contributed by atoms with Crippen LogP contribution in [0.4, 0.5) is 0 Å². The lowest BCUT2D eigenvalue weighted by atomic mass is 9.41. The summed E-state index contributed by atoms with van der Waals surface area (Å²) >= 11 is 0. The van der Waals surface area contributed by atoms with Crippen molar-refractivity contribution < 1.29 is 19.4 Å². The van der Waals surface area contributed by atoms with E-state index in [-0.39, 0.29) is 30.0 Å². The highest BCUT2D eigenvalue weighted by molar-refractivity contribution is 5.90. The van der Waals surface area contributed by atoms with Crippen LogP contribution in [-0.2, 0) is 14.3 Å². The van der Waals surface area contributed by atoms with E-state index in [4.69, 9.17) is 4.74 Å². The second kappa shape index (κ2) is 14.4. The number of likely N-dealkylation sites (N-methyl/N-ethyl adjacent to an activating group) is 1. The number of fused-ring (bicyclic) bond motifs is 2. The first-order valence-electron chi connectivity index (χ1n) is 22.0.